The quantitative estimate of drug-likeness (QED) is 0.338. The molecule has 2 aliphatic rings. The summed E-state index contributed by atoms with van der Waals surface area (Å²) in [4.78, 5) is 14.5. The van der Waals surface area contributed by atoms with Gasteiger partial charge in [-0.05, 0) is 38.7 Å². The molecular formula is C28H41N9O2. The molecule has 0 aliphatic carbocycles. The maximum Gasteiger partial charge on any atom is 0.226 e. The van der Waals surface area contributed by atoms with Crippen LogP contribution >= 0.6 is 0 Å². The van der Waals surface area contributed by atoms with Crippen LogP contribution in [0.1, 0.15) is 44.4 Å². The molecule has 0 amide bonds. The minimum absolute atomic E-state index is 0.134. The molecule has 2 unspecified atom stereocenters. The lowest BCUT2D eigenvalue weighted by Crippen LogP contribution is -2.46. The Kier molecular flexibility index (Phi) is 9.23. The first-order valence-electron chi connectivity index (χ1n) is 14.1. The number of hydrogen-bond acceptors (Lipinski definition) is 10. The number of ether oxygens (including phenoxy) is 1. The maximum absolute atomic E-state index is 9.06. The van der Waals surface area contributed by atoms with Crippen molar-refractivity contribution in [3.05, 3.63) is 53.9 Å². The van der Waals surface area contributed by atoms with Crippen LogP contribution < -0.4 is 15.5 Å². The van der Waals surface area contributed by atoms with E-state index in [0.29, 0.717) is 31.5 Å². The van der Waals surface area contributed by atoms with Gasteiger partial charge in [0, 0.05) is 58.0 Å². The van der Waals surface area contributed by atoms with Crippen LogP contribution in [0.3, 0.4) is 0 Å². The van der Waals surface area contributed by atoms with Crippen LogP contribution in [-0.2, 0) is 24.4 Å². The minimum Gasteiger partial charge on any atom is -0.396 e. The van der Waals surface area contributed by atoms with Gasteiger partial charge in [0.15, 0.2) is 0 Å². The summed E-state index contributed by atoms with van der Waals surface area (Å²) in [6.45, 7) is 10.1. The summed E-state index contributed by atoms with van der Waals surface area (Å²) < 4.78 is 7.70. The number of hydrogen-bond donors (Lipinski definition) is 3. The minimum atomic E-state index is 0.134. The number of aliphatic hydroxyl groups excluding tert-OH is 1. The number of nitrogens with zero attached hydrogens (tertiary/aromatic N) is 7. The molecule has 5 rings (SSSR count). The fourth-order valence-electron chi connectivity index (χ4n) is 5.33. The molecule has 1 aromatic carbocycles. The van der Waals surface area contributed by atoms with Gasteiger partial charge in [0.1, 0.15) is 17.3 Å². The third-order valence-electron chi connectivity index (χ3n) is 7.20. The first-order valence-corrected chi connectivity index (χ1v) is 14.1. The number of anilines is 3. The second-order valence-corrected chi connectivity index (χ2v) is 10.7. The largest absolute Gasteiger partial charge is 0.396 e. The van der Waals surface area contributed by atoms with Crippen molar-refractivity contribution in [2.45, 2.75) is 71.0 Å². The number of aromatic nitrogens is 5. The number of piperidine rings is 1. The van der Waals surface area contributed by atoms with E-state index < -0.39 is 0 Å². The maximum atomic E-state index is 9.06. The van der Waals surface area contributed by atoms with Crippen LogP contribution in [0, 0.1) is 0 Å². The molecule has 2 aliphatic heterocycles. The monoisotopic (exact) mass is 535 g/mol. The molecule has 11 heteroatoms. The van der Waals surface area contributed by atoms with Gasteiger partial charge in [-0.1, -0.05) is 35.5 Å². The van der Waals surface area contributed by atoms with E-state index in [2.05, 4.69) is 81.0 Å². The van der Waals surface area contributed by atoms with Gasteiger partial charge >= 0.3 is 0 Å². The van der Waals surface area contributed by atoms with E-state index in [1.165, 1.54) is 5.56 Å². The highest BCUT2D eigenvalue weighted by Gasteiger charge is 2.25. The normalized spacial score (nSPS) is 20.7. The van der Waals surface area contributed by atoms with Gasteiger partial charge in [0.05, 0.1) is 24.9 Å². The first-order chi connectivity index (χ1) is 19.0. The number of aryl methyl sites for hydroxylation is 1. The predicted molar refractivity (Wildman–Crippen MR) is 152 cm³/mol. The van der Waals surface area contributed by atoms with Crippen LogP contribution in [0.5, 0.6) is 0 Å². The van der Waals surface area contributed by atoms with Crippen molar-refractivity contribution in [3.63, 3.8) is 0 Å². The second kappa shape index (κ2) is 13.2. The Morgan fingerprint density at radius 1 is 1.05 bits per heavy atom. The summed E-state index contributed by atoms with van der Waals surface area (Å²) in [5, 5.41) is 24.5. The van der Waals surface area contributed by atoms with Gasteiger partial charge < -0.3 is 25.4 Å². The van der Waals surface area contributed by atoms with E-state index in [9.17, 15) is 0 Å². The molecule has 39 heavy (non-hydrogen) atoms. The Morgan fingerprint density at radius 2 is 1.82 bits per heavy atom. The van der Waals surface area contributed by atoms with Gasteiger partial charge in [0.2, 0.25) is 5.95 Å². The van der Waals surface area contributed by atoms with Crippen LogP contribution in [0.25, 0.3) is 0 Å². The van der Waals surface area contributed by atoms with Crippen molar-refractivity contribution < 1.29 is 9.84 Å². The fraction of sp³-hybridized carbons (Fsp3) is 0.571. The van der Waals surface area contributed by atoms with Crippen LogP contribution in [0.2, 0.25) is 0 Å². The lowest BCUT2D eigenvalue weighted by Gasteiger charge is -2.36. The molecule has 2 aromatic heterocycles. The van der Waals surface area contributed by atoms with E-state index in [1.807, 2.05) is 6.20 Å². The molecule has 4 heterocycles. The Hall–Kier alpha value is -3.28. The van der Waals surface area contributed by atoms with Crippen molar-refractivity contribution in [3.8, 4) is 0 Å². The van der Waals surface area contributed by atoms with Crippen molar-refractivity contribution >= 4 is 17.6 Å². The Balaban J connectivity index is 1.25. The standard InChI is InChI=1S/C28H41N9O2/c1-21-17-36(18-22(2)39-21)27-15-26(30-24-9-12-35(13-10-24)19-23-7-4-3-5-8-23)31-28(32-27)29-16-25-20-37(34-33-25)11-6-14-38/h3-5,7-8,15,20-22,24,38H,6,9-14,16-19H2,1-2H3,(H2,29,30,31,32). The van der Waals surface area contributed by atoms with E-state index in [4.69, 9.17) is 19.8 Å². The van der Waals surface area contributed by atoms with E-state index >= 15 is 0 Å². The smallest absolute Gasteiger partial charge is 0.226 e. The van der Waals surface area contributed by atoms with Crippen LogP contribution in [0.4, 0.5) is 17.6 Å². The van der Waals surface area contributed by atoms with Crippen molar-refractivity contribution in [1.82, 2.24) is 29.9 Å². The number of likely N-dealkylation sites (tertiary alicyclic amines) is 1. The molecule has 0 bridgehead atoms. The molecule has 0 radical (unpaired) electrons. The molecule has 3 aromatic rings. The third kappa shape index (κ3) is 7.87. The highest BCUT2D eigenvalue weighted by Crippen LogP contribution is 2.25. The van der Waals surface area contributed by atoms with Gasteiger partial charge in [-0.2, -0.15) is 9.97 Å². The molecule has 210 valence electrons. The average molecular weight is 536 g/mol. The molecule has 2 saturated heterocycles. The number of benzene rings is 1. The topological polar surface area (TPSA) is 116 Å². The lowest BCUT2D eigenvalue weighted by atomic mass is 10.0. The number of morpholine rings is 1. The van der Waals surface area contributed by atoms with Gasteiger partial charge in [-0.15, -0.1) is 5.10 Å². The highest BCUT2D eigenvalue weighted by atomic mass is 16.5. The third-order valence-corrected chi connectivity index (χ3v) is 7.20. The predicted octanol–water partition coefficient (Wildman–Crippen LogP) is 2.75. The molecule has 2 atom stereocenters. The summed E-state index contributed by atoms with van der Waals surface area (Å²) in [6, 6.07) is 13.1. The molecular weight excluding hydrogens is 494 g/mol. The molecule has 0 spiro atoms. The second-order valence-electron chi connectivity index (χ2n) is 10.7. The average Bonchev–Trinajstić information content (AvgIpc) is 3.40. The summed E-state index contributed by atoms with van der Waals surface area (Å²) in [6.07, 6.45) is 4.95. The zero-order valence-corrected chi connectivity index (χ0v) is 23.0. The Bertz CT molecular complexity index is 1160. The molecule has 2 fully saturated rings. The summed E-state index contributed by atoms with van der Waals surface area (Å²) >= 11 is 0. The number of nitrogens with one attached hydrogen (secondary N) is 2. The van der Waals surface area contributed by atoms with Crippen molar-refractivity contribution in [1.29, 1.82) is 0 Å². The fourth-order valence-corrected chi connectivity index (χ4v) is 5.33. The highest BCUT2D eigenvalue weighted by molar-refractivity contribution is 5.54. The molecule has 3 N–H and O–H groups in total. The lowest BCUT2D eigenvalue weighted by molar-refractivity contribution is -0.00545. The Morgan fingerprint density at radius 3 is 2.56 bits per heavy atom. The summed E-state index contributed by atoms with van der Waals surface area (Å²) in [5.41, 5.74) is 2.17. The van der Waals surface area contributed by atoms with E-state index in [1.54, 1.807) is 4.68 Å². The van der Waals surface area contributed by atoms with Gasteiger partial charge in [0.25, 0.3) is 0 Å². The van der Waals surface area contributed by atoms with Crippen molar-refractivity contribution in [2.75, 3.05) is 48.3 Å². The number of rotatable bonds is 11. The Labute approximate surface area is 230 Å². The van der Waals surface area contributed by atoms with E-state index in [0.717, 1.165) is 62.9 Å². The zero-order chi connectivity index (χ0) is 27.0. The summed E-state index contributed by atoms with van der Waals surface area (Å²) in [5.74, 6) is 2.29. The SMILES string of the molecule is CC1CN(c2cc(NC3CCN(Cc4ccccc4)CC3)nc(NCc3cn(CCCO)nn3)n2)CC(C)O1. The van der Waals surface area contributed by atoms with Crippen molar-refractivity contribution in [2.24, 2.45) is 0 Å². The van der Waals surface area contributed by atoms with Crippen LogP contribution in [-0.4, -0.2) is 86.0 Å². The number of aliphatic hydroxyl groups is 1. The summed E-state index contributed by atoms with van der Waals surface area (Å²) in [7, 11) is 0. The van der Waals surface area contributed by atoms with Gasteiger partial charge in [-0.3, -0.25) is 9.58 Å². The first kappa shape index (κ1) is 27.3. The molecule has 11 nitrogen and oxygen atoms in total. The van der Waals surface area contributed by atoms with Gasteiger partial charge in [-0.25, -0.2) is 0 Å². The van der Waals surface area contributed by atoms with E-state index in [-0.39, 0.29) is 18.8 Å². The van der Waals surface area contributed by atoms with Crippen LogP contribution in [0.15, 0.2) is 42.6 Å². The molecule has 0 saturated carbocycles. The zero-order valence-electron chi connectivity index (χ0n) is 23.0.